The molecule has 0 aliphatic heterocycles. The monoisotopic (exact) mass is 511 g/mol. The molecule has 40 heavy (non-hydrogen) atoms. The average Bonchev–Trinajstić information content (AvgIpc) is 3.33. The molecule has 0 saturated heterocycles. The molecule has 3 nitrogen and oxygen atoms in total. The molecule has 6 aromatic rings. The topological polar surface area (TPSA) is 39.4 Å². The molecule has 0 unspecified atom stereocenters. The SMILES string of the molecule is C/N=C/c1cc(C#N)cc(N(c2ccccc2)c2cccc(-c3ccc4c5c(cccc35)-c3ccccc3-4)c2)c1. The van der Waals surface area contributed by atoms with Crippen LogP contribution in [0.2, 0.25) is 0 Å². The molecule has 3 heteroatoms. The maximum Gasteiger partial charge on any atom is 0.0992 e. The summed E-state index contributed by atoms with van der Waals surface area (Å²) in [5.74, 6) is 0. The summed E-state index contributed by atoms with van der Waals surface area (Å²) in [6.07, 6.45) is 1.79. The molecule has 0 heterocycles. The van der Waals surface area contributed by atoms with E-state index >= 15 is 0 Å². The summed E-state index contributed by atoms with van der Waals surface area (Å²) in [5, 5.41) is 12.3. The maximum atomic E-state index is 9.77. The lowest BCUT2D eigenvalue weighted by atomic mass is 9.94. The number of hydrogen-bond donors (Lipinski definition) is 0. The smallest absolute Gasteiger partial charge is 0.0992 e. The van der Waals surface area contributed by atoms with Crippen LogP contribution in [0.25, 0.3) is 44.2 Å². The highest BCUT2D eigenvalue weighted by Crippen LogP contribution is 2.49. The zero-order chi connectivity index (χ0) is 27.1. The summed E-state index contributed by atoms with van der Waals surface area (Å²) in [6, 6.07) is 46.9. The number of hydrogen-bond acceptors (Lipinski definition) is 3. The average molecular weight is 512 g/mol. The van der Waals surface area contributed by atoms with Gasteiger partial charge in [0.05, 0.1) is 11.6 Å². The lowest BCUT2D eigenvalue weighted by Gasteiger charge is -2.26. The number of fused-ring (bicyclic) bond motifs is 3. The summed E-state index contributed by atoms with van der Waals surface area (Å²) in [5.41, 5.74) is 12.0. The minimum Gasteiger partial charge on any atom is -0.310 e. The van der Waals surface area contributed by atoms with Gasteiger partial charge in [-0.3, -0.25) is 4.99 Å². The van der Waals surface area contributed by atoms with E-state index < -0.39 is 0 Å². The molecule has 0 N–H and O–H groups in total. The molecule has 0 radical (unpaired) electrons. The van der Waals surface area contributed by atoms with E-state index in [0.29, 0.717) is 5.56 Å². The first-order valence-electron chi connectivity index (χ1n) is 13.3. The van der Waals surface area contributed by atoms with Gasteiger partial charge in [-0.1, -0.05) is 84.9 Å². The van der Waals surface area contributed by atoms with Crippen LogP contribution in [-0.4, -0.2) is 13.3 Å². The van der Waals surface area contributed by atoms with Gasteiger partial charge in [-0.15, -0.1) is 0 Å². The van der Waals surface area contributed by atoms with Crippen molar-refractivity contribution in [3.8, 4) is 39.4 Å². The highest BCUT2D eigenvalue weighted by Gasteiger charge is 2.22. The number of rotatable bonds is 5. The van der Waals surface area contributed by atoms with Crippen LogP contribution < -0.4 is 4.90 Å². The predicted molar refractivity (Wildman–Crippen MR) is 167 cm³/mol. The summed E-state index contributed by atoms with van der Waals surface area (Å²) in [7, 11) is 1.74. The molecule has 1 aliphatic rings. The van der Waals surface area contributed by atoms with Crippen molar-refractivity contribution in [3.05, 3.63) is 139 Å². The number of anilines is 3. The first-order chi connectivity index (χ1) is 19.7. The standard InChI is InChI=1S/C37H25N3/c1-39-24-26-19-25(23-38)20-30(21-26)40(28-10-3-2-4-11-28)29-12-7-9-27(22-29)31-17-18-36-33-14-6-5-13-32(33)35-16-8-15-34(31)37(35)36/h2-22,24H,1H3/b39-24+. The van der Waals surface area contributed by atoms with Crippen molar-refractivity contribution in [1.29, 1.82) is 5.26 Å². The van der Waals surface area contributed by atoms with E-state index in [1.807, 2.05) is 30.3 Å². The van der Waals surface area contributed by atoms with Crippen LogP contribution in [0.1, 0.15) is 11.1 Å². The molecule has 6 aromatic carbocycles. The Labute approximate surface area is 233 Å². The molecule has 188 valence electrons. The fraction of sp³-hybridized carbons (Fsp3) is 0.0270. The van der Waals surface area contributed by atoms with E-state index in [2.05, 4.69) is 113 Å². The van der Waals surface area contributed by atoms with Gasteiger partial charge in [0.1, 0.15) is 0 Å². The molecule has 0 saturated carbocycles. The quantitative estimate of drug-likeness (QED) is 0.216. The largest absolute Gasteiger partial charge is 0.310 e. The molecule has 0 spiro atoms. The predicted octanol–water partition coefficient (Wildman–Crippen LogP) is 9.54. The van der Waals surface area contributed by atoms with Crippen LogP contribution >= 0.6 is 0 Å². The Bertz CT molecular complexity index is 1950. The van der Waals surface area contributed by atoms with Gasteiger partial charge in [-0.2, -0.15) is 5.26 Å². The molecule has 0 bridgehead atoms. The Morgan fingerprint density at radius 2 is 1.27 bits per heavy atom. The molecular formula is C37H25N3. The van der Waals surface area contributed by atoms with Crippen LogP contribution in [0.15, 0.2) is 132 Å². The lowest BCUT2D eigenvalue weighted by molar-refractivity contribution is 1.28. The third kappa shape index (κ3) is 3.86. The Balaban J connectivity index is 1.41. The van der Waals surface area contributed by atoms with E-state index in [9.17, 15) is 5.26 Å². The minimum absolute atomic E-state index is 0.594. The molecule has 0 amide bonds. The van der Waals surface area contributed by atoms with Crippen LogP contribution in [0.5, 0.6) is 0 Å². The molecule has 0 fully saturated rings. The fourth-order valence-electron chi connectivity index (χ4n) is 5.95. The van der Waals surface area contributed by atoms with Crippen molar-refractivity contribution < 1.29 is 0 Å². The summed E-state index contributed by atoms with van der Waals surface area (Å²) < 4.78 is 0. The Morgan fingerprint density at radius 3 is 2.05 bits per heavy atom. The van der Waals surface area contributed by atoms with Crippen LogP contribution in [0, 0.1) is 11.3 Å². The number of nitriles is 1. The van der Waals surface area contributed by atoms with Crippen LogP contribution in [-0.2, 0) is 0 Å². The van der Waals surface area contributed by atoms with Crippen molar-refractivity contribution in [2.75, 3.05) is 11.9 Å². The number of nitrogens with zero attached hydrogens (tertiary/aromatic N) is 3. The Kier molecular flexibility index (Phi) is 5.73. The Hall–Kier alpha value is -5.46. The summed E-state index contributed by atoms with van der Waals surface area (Å²) in [6.45, 7) is 0. The molecule has 0 atom stereocenters. The van der Waals surface area contributed by atoms with Gasteiger partial charge in [-0.25, -0.2) is 0 Å². The van der Waals surface area contributed by atoms with Gasteiger partial charge in [0, 0.05) is 30.3 Å². The Morgan fingerprint density at radius 1 is 0.600 bits per heavy atom. The van der Waals surface area contributed by atoms with Crippen molar-refractivity contribution in [3.63, 3.8) is 0 Å². The fourth-order valence-corrected chi connectivity index (χ4v) is 5.95. The zero-order valence-corrected chi connectivity index (χ0v) is 22.0. The van der Waals surface area contributed by atoms with Crippen molar-refractivity contribution >= 4 is 34.0 Å². The van der Waals surface area contributed by atoms with Gasteiger partial charge in [0.25, 0.3) is 0 Å². The zero-order valence-electron chi connectivity index (χ0n) is 22.0. The number of benzene rings is 6. The van der Waals surface area contributed by atoms with E-state index in [-0.39, 0.29) is 0 Å². The third-order valence-electron chi connectivity index (χ3n) is 7.58. The second-order valence-electron chi connectivity index (χ2n) is 9.97. The first-order valence-corrected chi connectivity index (χ1v) is 13.3. The maximum absolute atomic E-state index is 9.77. The van der Waals surface area contributed by atoms with E-state index in [0.717, 1.165) is 28.2 Å². The second kappa shape index (κ2) is 9.69. The number of para-hydroxylation sites is 1. The number of aliphatic imine (C=N–C) groups is 1. The molecule has 7 rings (SSSR count). The van der Waals surface area contributed by atoms with E-state index in [4.69, 9.17) is 0 Å². The molecule has 0 aromatic heterocycles. The van der Waals surface area contributed by atoms with Gasteiger partial charge in [0.15, 0.2) is 0 Å². The highest BCUT2D eigenvalue weighted by molar-refractivity contribution is 6.18. The normalized spacial score (nSPS) is 11.5. The van der Waals surface area contributed by atoms with Crippen molar-refractivity contribution in [1.82, 2.24) is 0 Å². The summed E-state index contributed by atoms with van der Waals surface area (Å²) in [4.78, 5) is 6.39. The second-order valence-corrected chi connectivity index (χ2v) is 9.97. The van der Waals surface area contributed by atoms with Crippen molar-refractivity contribution in [2.24, 2.45) is 4.99 Å². The van der Waals surface area contributed by atoms with Gasteiger partial charge >= 0.3 is 0 Å². The van der Waals surface area contributed by atoms with Gasteiger partial charge in [-0.05, 0) is 92.2 Å². The van der Waals surface area contributed by atoms with E-state index in [1.54, 1.807) is 13.3 Å². The van der Waals surface area contributed by atoms with Gasteiger partial charge < -0.3 is 4.90 Å². The summed E-state index contributed by atoms with van der Waals surface area (Å²) >= 11 is 0. The van der Waals surface area contributed by atoms with Crippen LogP contribution in [0.3, 0.4) is 0 Å². The van der Waals surface area contributed by atoms with Crippen molar-refractivity contribution in [2.45, 2.75) is 0 Å². The molecular weight excluding hydrogens is 486 g/mol. The third-order valence-corrected chi connectivity index (χ3v) is 7.58. The van der Waals surface area contributed by atoms with Gasteiger partial charge in [0.2, 0.25) is 0 Å². The van der Waals surface area contributed by atoms with Crippen LogP contribution in [0.4, 0.5) is 17.1 Å². The molecule has 1 aliphatic carbocycles. The first kappa shape index (κ1) is 23.6. The van der Waals surface area contributed by atoms with E-state index in [1.165, 1.54) is 38.6 Å². The lowest BCUT2D eigenvalue weighted by Crippen LogP contribution is -2.10. The highest BCUT2D eigenvalue weighted by atomic mass is 15.1. The minimum atomic E-state index is 0.594.